The van der Waals surface area contributed by atoms with Gasteiger partial charge in [-0.2, -0.15) is 0 Å². The number of sulfonamides is 1. The van der Waals surface area contributed by atoms with Gasteiger partial charge in [0.05, 0.1) is 16.5 Å². The van der Waals surface area contributed by atoms with Crippen molar-refractivity contribution in [3.05, 3.63) is 83.4 Å². The van der Waals surface area contributed by atoms with Crippen molar-refractivity contribution in [3.63, 3.8) is 0 Å². The van der Waals surface area contributed by atoms with Gasteiger partial charge < -0.3 is 10.1 Å². The van der Waals surface area contributed by atoms with Crippen LogP contribution in [0, 0.1) is 0 Å². The lowest BCUT2D eigenvalue weighted by molar-refractivity contribution is -0.116. The molecule has 7 nitrogen and oxygen atoms in total. The number of para-hydroxylation sites is 1. The first-order valence-corrected chi connectivity index (χ1v) is 11.3. The Morgan fingerprint density at radius 3 is 2.29 bits per heavy atom. The van der Waals surface area contributed by atoms with E-state index in [0.717, 1.165) is 0 Å². The molecule has 0 saturated carbocycles. The first-order valence-electron chi connectivity index (χ1n) is 9.33. The third kappa shape index (κ3) is 4.55. The van der Waals surface area contributed by atoms with Gasteiger partial charge in [0, 0.05) is 17.7 Å². The van der Waals surface area contributed by atoms with Crippen LogP contribution in [0.4, 0.5) is 11.4 Å². The minimum atomic E-state index is -3.79. The van der Waals surface area contributed by atoms with Crippen molar-refractivity contribution in [2.75, 3.05) is 15.4 Å². The number of ether oxygens (including phenoxy) is 1. The summed E-state index contributed by atoms with van der Waals surface area (Å²) in [5.74, 6) is -0.0297. The van der Waals surface area contributed by atoms with Crippen molar-refractivity contribution in [3.8, 4) is 11.5 Å². The van der Waals surface area contributed by atoms with Crippen LogP contribution in [0.5, 0.6) is 11.5 Å². The minimum Gasteiger partial charge on any atom is -0.457 e. The molecule has 1 heterocycles. The van der Waals surface area contributed by atoms with Gasteiger partial charge in [-0.25, -0.2) is 12.7 Å². The lowest BCUT2D eigenvalue weighted by Crippen LogP contribution is -2.29. The number of hydrogen-bond acceptors (Lipinski definition) is 5. The number of amides is 2. The molecule has 3 aromatic rings. The summed E-state index contributed by atoms with van der Waals surface area (Å²) < 4.78 is 30.8. The average Bonchev–Trinajstić information content (AvgIpc) is 3.03. The summed E-state index contributed by atoms with van der Waals surface area (Å²) in [5.41, 5.74) is 0.661. The van der Waals surface area contributed by atoms with E-state index < -0.39 is 21.8 Å². The van der Waals surface area contributed by atoms with Gasteiger partial charge in [0.15, 0.2) is 0 Å². The zero-order chi connectivity index (χ0) is 22.0. The van der Waals surface area contributed by atoms with E-state index in [-0.39, 0.29) is 28.4 Å². The molecule has 31 heavy (non-hydrogen) atoms. The average molecular weight is 457 g/mol. The summed E-state index contributed by atoms with van der Waals surface area (Å²) in [6, 6.07) is 20.2. The molecule has 9 heteroatoms. The lowest BCUT2D eigenvalue weighted by Gasteiger charge is -2.17. The Kier molecular flexibility index (Phi) is 5.67. The second-order valence-corrected chi connectivity index (χ2v) is 9.13. The van der Waals surface area contributed by atoms with Crippen LogP contribution in [0.25, 0.3) is 0 Å². The van der Waals surface area contributed by atoms with Crippen LogP contribution < -0.4 is 14.4 Å². The van der Waals surface area contributed by atoms with Gasteiger partial charge in [0.2, 0.25) is 15.9 Å². The molecule has 0 aliphatic carbocycles. The topological polar surface area (TPSA) is 92.8 Å². The third-order valence-electron chi connectivity index (χ3n) is 4.60. The van der Waals surface area contributed by atoms with E-state index in [2.05, 4.69) is 5.32 Å². The summed E-state index contributed by atoms with van der Waals surface area (Å²) in [6.45, 7) is 0. The summed E-state index contributed by atoms with van der Waals surface area (Å²) in [5, 5.41) is 2.80. The monoisotopic (exact) mass is 456 g/mol. The predicted octanol–water partition coefficient (Wildman–Crippen LogP) is 4.45. The summed E-state index contributed by atoms with van der Waals surface area (Å²) >= 11 is 6.11. The minimum absolute atomic E-state index is 0.0246. The number of carbonyl (C=O) groups excluding carboxylic acids is 2. The van der Waals surface area contributed by atoms with Crippen molar-refractivity contribution in [1.82, 2.24) is 0 Å². The maximum Gasteiger partial charge on any atom is 0.255 e. The fourth-order valence-electron chi connectivity index (χ4n) is 3.09. The van der Waals surface area contributed by atoms with Gasteiger partial charge in [-0.05, 0) is 54.6 Å². The number of carbonyl (C=O) groups is 2. The first-order chi connectivity index (χ1) is 14.8. The van der Waals surface area contributed by atoms with E-state index in [0.29, 0.717) is 21.5 Å². The fraction of sp³-hybridized carbons (Fsp3) is 0.0909. The molecule has 1 fully saturated rings. The number of anilines is 2. The normalized spacial score (nSPS) is 15.0. The zero-order valence-electron chi connectivity index (χ0n) is 16.1. The number of halogens is 1. The largest absolute Gasteiger partial charge is 0.457 e. The van der Waals surface area contributed by atoms with Crippen molar-refractivity contribution in [2.24, 2.45) is 0 Å². The molecule has 1 aliphatic heterocycles. The molecule has 0 atom stereocenters. The number of benzene rings is 3. The van der Waals surface area contributed by atoms with Crippen LogP contribution in [0.3, 0.4) is 0 Å². The Balaban J connectivity index is 1.51. The van der Waals surface area contributed by atoms with Crippen molar-refractivity contribution in [2.45, 2.75) is 6.42 Å². The van der Waals surface area contributed by atoms with Gasteiger partial charge in [0.25, 0.3) is 5.91 Å². The lowest BCUT2D eigenvalue weighted by atomic mass is 10.1. The maximum absolute atomic E-state index is 12.7. The molecule has 0 radical (unpaired) electrons. The Labute approximate surface area is 184 Å². The van der Waals surface area contributed by atoms with Crippen LogP contribution in [-0.4, -0.2) is 26.0 Å². The molecule has 4 rings (SSSR count). The third-order valence-corrected chi connectivity index (χ3v) is 6.59. The second kappa shape index (κ2) is 8.41. The van der Waals surface area contributed by atoms with Gasteiger partial charge in [-0.1, -0.05) is 29.8 Å². The number of nitrogens with one attached hydrogen (secondary N) is 1. The standard InChI is InChI=1S/C22H17ClN2O5S/c23-19-11-6-15(14-20(19)25-21(26)12-13-31(25,28)29)22(27)24-16-7-9-18(10-8-16)30-17-4-2-1-3-5-17/h1-11,14H,12-13H2,(H,24,27). The molecule has 0 aromatic heterocycles. The molecular formula is C22H17ClN2O5S. The van der Waals surface area contributed by atoms with Crippen LogP contribution in [0.15, 0.2) is 72.8 Å². The first kappa shape index (κ1) is 20.9. The van der Waals surface area contributed by atoms with Crippen LogP contribution >= 0.6 is 11.6 Å². The van der Waals surface area contributed by atoms with Crippen LogP contribution in [0.2, 0.25) is 5.02 Å². The van der Waals surface area contributed by atoms with Crippen LogP contribution in [0.1, 0.15) is 16.8 Å². The molecular weight excluding hydrogens is 440 g/mol. The quantitative estimate of drug-likeness (QED) is 0.612. The van der Waals surface area contributed by atoms with Gasteiger partial charge >= 0.3 is 0 Å². The molecule has 0 unspecified atom stereocenters. The zero-order valence-corrected chi connectivity index (χ0v) is 17.7. The number of rotatable bonds is 5. The molecule has 3 aromatic carbocycles. The van der Waals surface area contributed by atoms with Gasteiger partial charge in [-0.15, -0.1) is 0 Å². The van der Waals surface area contributed by atoms with E-state index >= 15 is 0 Å². The molecule has 1 saturated heterocycles. The molecule has 1 aliphatic rings. The fourth-order valence-corrected chi connectivity index (χ4v) is 4.81. The predicted molar refractivity (Wildman–Crippen MR) is 118 cm³/mol. The number of hydrogen-bond donors (Lipinski definition) is 1. The second-order valence-electron chi connectivity index (χ2n) is 6.78. The molecule has 0 bridgehead atoms. The Bertz CT molecular complexity index is 1240. The molecule has 2 amide bonds. The van der Waals surface area contributed by atoms with Gasteiger partial charge in [-0.3, -0.25) is 9.59 Å². The van der Waals surface area contributed by atoms with Crippen molar-refractivity contribution < 1.29 is 22.7 Å². The molecule has 1 N–H and O–H groups in total. The van der Waals surface area contributed by atoms with E-state index in [9.17, 15) is 18.0 Å². The van der Waals surface area contributed by atoms with Crippen molar-refractivity contribution in [1.29, 1.82) is 0 Å². The van der Waals surface area contributed by atoms with E-state index in [1.165, 1.54) is 18.2 Å². The Morgan fingerprint density at radius 1 is 0.968 bits per heavy atom. The highest BCUT2D eigenvalue weighted by Gasteiger charge is 2.37. The smallest absolute Gasteiger partial charge is 0.255 e. The Hall–Kier alpha value is -3.36. The molecule has 158 valence electrons. The molecule has 0 spiro atoms. The highest BCUT2D eigenvalue weighted by molar-refractivity contribution is 7.94. The highest BCUT2D eigenvalue weighted by Crippen LogP contribution is 2.33. The Morgan fingerprint density at radius 2 is 1.65 bits per heavy atom. The van der Waals surface area contributed by atoms with E-state index in [4.69, 9.17) is 16.3 Å². The van der Waals surface area contributed by atoms with Gasteiger partial charge in [0.1, 0.15) is 11.5 Å². The summed E-state index contributed by atoms with van der Waals surface area (Å²) in [6.07, 6.45) is -0.119. The van der Waals surface area contributed by atoms with E-state index in [1.807, 2.05) is 30.3 Å². The summed E-state index contributed by atoms with van der Waals surface area (Å²) in [4.78, 5) is 24.7. The summed E-state index contributed by atoms with van der Waals surface area (Å²) in [7, 11) is -3.79. The highest BCUT2D eigenvalue weighted by atomic mass is 35.5. The SMILES string of the molecule is O=C(Nc1ccc(Oc2ccccc2)cc1)c1ccc(Cl)c(N2C(=O)CCS2(=O)=O)c1. The van der Waals surface area contributed by atoms with Crippen LogP contribution in [-0.2, 0) is 14.8 Å². The maximum atomic E-state index is 12.7. The number of nitrogens with zero attached hydrogens (tertiary/aromatic N) is 1. The van der Waals surface area contributed by atoms with E-state index in [1.54, 1.807) is 24.3 Å². The van der Waals surface area contributed by atoms with Crippen molar-refractivity contribution >= 4 is 44.8 Å².